The number of nitrogens with two attached hydrogens (primary N) is 1. The van der Waals surface area contributed by atoms with E-state index in [2.05, 4.69) is 24.0 Å². The zero-order valence-electron chi connectivity index (χ0n) is 25.2. The Balaban J connectivity index is 1.30. The number of fused-ring (bicyclic) bond motifs is 2. The van der Waals surface area contributed by atoms with Gasteiger partial charge in [0.15, 0.2) is 11.4 Å². The molecule has 2 aromatic carbocycles. The largest absolute Gasteiger partial charge is 0.510 e. The molecule has 44 heavy (non-hydrogen) atoms. The molecule has 5 atom stereocenters. The van der Waals surface area contributed by atoms with Gasteiger partial charge < -0.3 is 30.9 Å². The molecule has 0 aromatic heterocycles. The second kappa shape index (κ2) is 9.90. The first-order valence-electron chi connectivity index (χ1n) is 15.4. The highest BCUT2D eigenvalue weighted by Crippen LogP contribution is 2.68. The minimum absolute atomic E-state index is 0.0490. The topological polar surface area (TPSA) is 160 Å². The van der Waals surface area contributed by atoms with Gasteiger partial charge in [0.05, 0.1) is 11.6 Å². The highest BCUT2D eigenvalue weighted by Gasteiger charge is 2.84. The first-order valence-corrected chi connectivity index (χ1v) is 15.4. The third kappa shape index (κ3) is 3.94. The van der Waals surface area contributed by atoms with E-state index < -0.39 is 58.0 Å². The van der Waals surface area contributed by atoms with Crippen LogP contribution in [0.15, 0.2) is 59.1 Å². The van der Waals surface area contributed by atoms with Crippen molar-refractivity contribution in [3.05, 3.63) is 75.8 Å². The van der Waals surface area contributed by atoms with Crippen molar-refractivity contribution in [3.8, 4) is 16.9 Å². The smallest absolute Gasteiger partial charge is 0.253 e. The van der Waals surface area contributed by atoms with Crippen molar-refractivity contribution in [2.45, 2.75) is 56.6 Å². The van der Waals surface area contributed by atoms with Gasteiger partial charge in [-0.2, -0.15) is 0 Å². The molecule has 2 fully saturated rings. The molecule has 2 saturated heterocycles. The lowest BCUT2D eigenvalue weighted by atomic mass is 9.60. The van der Waals surface area contributed by atoms with Gasteiger partial charge in [-0.3, -0.25) is 19.4 Å². The third-order valence-corrected chi connectivity index (χ3v) is 10.6. The van der Waals surface area contributed by atoms with E-state index in [0.717, 1.165) is 36.7 Å². The summed E-state index contributed by atoms with van der Waals surface area (Å²) in [7, 11) is 3.43. The fourth-order valence-corrected chi connectivity index (χ4v) is 8.45. The van der Waals surface area contributed by atoms with Crippen LogP contribution in [0.2, 0.25) is 0 Å². The summed E-state index contributed by atoms with van der Waals surface area (Å²) in [5.74, 6) is -5.47. The number of piperidine rings is 1. The van der Waals surface area contributed by atoms with Crippen molar-refractivity contribution in [2.75, 3.05) is 27.2 Å². The van der Waals surface area contributed by atoms with Crippen molar-refractivity contribution in [1.82, 2.24) is 9.80 Å². The van der Waals surface area contributed by atoms with Crippen LogP contribution in [-0.2, 0) is 22.5 Å². The van der Waals surface area contributed by atoms with Gasteiger partial charge >= 0.3 is 0 Å². The van der Waals surface area contributed by atoms with E-state index in [1.54, 1.807) is 19.0 Å². The molecular formula is C34H39N3O7. The Morgan fingerprint density at radius 2 is 1.86 bits per heavy atom. The zero-order valence-corrected chi connectivity index (χ0v) is 25.2. The first-order chi connectivity index (χ1) is 20.9. The number of carbonyl (C=O) groups excluding carboxylic acids is 2. The number of Topliss-reactive ketones (excluding diaryl/α,β-unsaturated/α-hetero) is 1. The number of phenolic OH excluding ortho intramolecular Hbond substituents is 1. The molecule has 1 amide bonds. The standard InChI is InChI=1S/C34H39N3O7/c1-17-9-11-37(12-10-17)16-18-5-4-6-19(13-18)21-7-8-24(38)26-22(21)14-20-15-23-28(36(2)3)30(40)27(32(35)42)34(43)33(23,44-34)31(41)25(20)29(26)39/h4-8,13,17,20,23,28,38,40-41,43H,9-12,14-16H2,1-3H3,(H2,35,42)/t20-,23-,28-,33-,34?/m0/s1. The van der Waals surface area contributed by atoms with Crippen LogP contribution in [0.4, 0.5) is 0 Å². The molecule has 6 N–H and O–H groups in total. The number of allylic oxidation sites excluding steroid dienone is 1. The molecule has 3 aliphatic carbocycles. The van der Waals surface area contributed by atoms with Gasteiger partial charge in [-0.25, -0.2) is 0 Å². The number of aromatic hydroxyl groups is 1. The molecule has 1 unspecified atom stereocenters. The molecule has 0 bridgehead atoms. The SMILES string of the molecule is CC1CCN(Cc2cccc(-c3ccc(O)c4c3C[C@H]3C[C@H]5[C@H](N(C)C)C(O)=C(C(N)=O)C6(O)O[C@]56C(O)=C3C4=O)c2)CC1. The number of aliphatic hydroxyl groups excluding tert-OH is 2. The molecule has 1 spiro atoms. The summed E-state index contributed by atoms with van der Waals surface area (Å²) in [5, 5.41) is 45.3. The Labute approximate surface area is 256 Å². The van der Waals surface area contributed by atoms with Crippen molar-refractivity contribution < 1.29 is 34.8 Å². The molecule has 2 aliphatic heterocycles. The van der Waals surface area contributed by atoms with E-state index in [-0.39, 0.29) is 23.3 Å². The van der Waals surface area contributed by atoms with Gasteiger partial charge in [0.1, 0.15) is 22.8 Å². The lowest BCUT2D eigenvalue weighted by Gasteiger charge is -2.46. The molecule has 232 valence electrons. The zero-order chi connectivity index (χ0) is 31.3. The van der Waals surface area contributed by atoms with Crippen LogP contribution in [0.1, 0.15) is 47.7 Å². The number of phenols is 1. The second-order valence-corrected chi connectivity index (χ2v) is 13.5. The van der Waals surface area contributed by atoms with Crippen molar-refractivity contribution in [1.29, 1.82) is 0 Å². The molecule has 10 nitrogen and oxygen atoms in total. The summed E-state index contributed by atoms with van der Waals surface area (Å²) < 4.78 is 5.77. The fourth-order valence-electron chi connectivity index (χ4n) is 8.45. The van der Waals surface area contributed by atoms with Crippen LogP contribution in [0.3, 0.4) is 0 Å². The first kappa shape index (κ1) is 29.0. The van der Waals surface area contributed by atoms with Crippen LogP contribution >= 0.6 is 0 Å². The third-order valence-electron chi connectivity index (χ3n) is 10.6. The quantitative estimate of drug-likeness (QED) is 0.324. The molecule has 2 aromatic rings. The number of likely N-dealkylation sites (tertiary alicyclic amines) is 1. The van der Waals surface area contributed by atoms with E-state index in [9.17, 15) is 30.0 Å². The van der Waals surface area contributed by atoms with E-state index in [1.807, 2.05) is 18.2 Å². The van der Waals surface area contributed by atoms with Crippen LogP contribution in [-0.4, -0.2) is 86.5 Å². The minimum Gasteiger partial charge on any atom is -0.510 e. The maximum atomic E-state index is 14.2. The number of epoxide rings is 1. The van der Waals surface area contributed by atoms with Crippen LogP contribution in [0.5, 0.6) is 5.75 Å². The lowest BCUT2D eigenvalue weighted by Crippen LogP contribution is -2.57. The maximum Gasteiger partial charge on any atom is 0.253 e. The lowest BCUT2D eigenvalue weighted by molar-refractivity contribution is -0.117. The predicted octanol–water partition coefficient (Wildman–Crippen LogP) is 3.18. The fraction of sp³-hybridized carbons (Fsp3) is 0.471. The van der Waals surface area contributed by atoms with Gasteiger partial charge in [0.25, 0.3) is 5.91 Å². The molecule has 0 saturated carbocycles. The second-order valence-electron chi connectivity index (χ2n) is 13.5. The average molecular weight is 602 g/mol. The molecule has 5 aliphatic rings. The van der Waals surface area contributed by atoms with Crippen molar-refractivity contribution in [3.63, 3.8) is 0 Å². The highest BCUT2D eigenvalue weighted by molar-refractivity contribution is 6.14. The van der Waals surface area contributed by atoms with Crippen LogP contribution in [0, 0.1) is 17.8 Å². The van der Waals surface area contributed by atoms with Crippen molar-refractivity contribution in [2.24, 2.45) is 23.5 Å². The summed E-state index contributed by atoms with van der Waals surface area (Å²) >= 11 is 0. The minimum atomic E-state index is -2.36. The number of hydrogen-bond acceptors (Lipinski definition) is 9. The number of carbonyl (C=O) groups is 2. The molecule has 7 rings (SSSR count). The average Bonchev–Trinajstić information content (AvgIpc) is 3.60. The Morgan fingerprint density at radius 3 is 2.55 bits per heavy atom. The van der Waals surface area contributed by atoms with Crippen LogP contribution < -0.4 is 5.73 Å². The number of aliphatic hydroxyl groups is 3. The number of primary amides is 1. The van der Waals surface area contributed by atoms with Gasteiger partial charge in [-0.15, -0.1) is 0 Å². The van der Waals surface area contributed by atoms with E-state index in [1.165, 1.54) is 24.5 Å². The summed E-state index contributed by atoms with van der Waals surface area (Å²) in [6.45, 7) is 5.27. The summed E-state index contributed by atoms with van der Waals surface area (Å²) in [5.41, 5.74) is 7.02. The number of benzene rings is 2. The monoisotopic (exact) mass is 601 g/mol. The Kier molecular flexibility index (Phi) is 6.53. The maximum absolute atomic E-state index is 14.2. The van der Waals surface area contributed by atoms with E-state index in [0.29, 0.717) is 12.0 Å². The summed E-state index contributed by atoms with van der Waals surface area (Å²) in [6, 6.07) is 10.8. The number of ether oxygens (including phenoxy) is 1. The summed E-state index contributed by atoms with van der Waals surface area (Å²) in [4.78, 5) is 30.7. The molecule has 10 heteroatoms. The van der Waals surface area contributed by atoms with Crippen molar-refractivity contribution >= 4 is 11.7 Å². The number of rotatable bonds is 5. The number of amides is 1. The highest BCUT2D eigenvalue weighted by atomic mass is 16.8. The molecule has 2 heterocycles. The Morgan fingerprint density at radius 1 is 1.14 bits per heavy atom. The van der Waals surface area contributed by atoms with Gasteiger partial charge in [0, 0.05) is 18.0 Å². The Hall–Kier alpha value is -3.70. The van der Waals surface area contributed by atoms with Gasteiger partial charge in [-0.1, -0.05) is 31.2 Å². The normalized spacial score (nSPS) is 31.8. The van der Waals surface area contributed by atoms with Gasteiger partial charge in [0.2, 0.25) is 5.79 Å². The number of nitrogens with zero attached hydrogens (tertiary/aromatic N) is 2. The Bertz CT molecular complexity index is 1660. The summed E-state index contributed by atoms with van der Waals surface area (Å²) in [6.07, 6.45) is 2.99. The van der Waals surface area contributed by atoms with E-state index in [4.69, 9.17) is 10.5 Å². The molecular weight excluding hydrogens is 562 g/mol. The van der Waals surface area contributed by atoms with Gasteiger partial charge in [-0.05, 0) is 99.1 Å². The van der Waals surface area contributed by atoms with Crippen LogP contribution in [0.25, 0.3) is 11.1 Å². The number of likely N-dealkylation sites (N-methyl/N-ethyl adjacent to an activating group) is 1. The molecule has 0 radical (unpaired) electrons. The number of hydrogen-bond donors (Lipinski definition) is 5. The predicted molar refractivity (Wildman–Crippen MR) is 162 cm³/mol. The number of ketones is 1. The van der Waals surface area contributed by atoms with E-state index >= 15 is 0 Å².